The van der Waals surface area contributed by atoms with Crippen LogP contribution in [0.4, 0.5) is 0 Å². The highest BCUT2D eigenvalue weighted by Gasteiger charge is 2.30. The van der Waals surface area contributed by atoms with Gasteiger partial charge >= 0.3 is 0 Å². The number of para-hydroxylation sites is 1. The first-order valence-electron chi connectivity index (χ1n) is 8.68. The number of carbonyl (C=O) groups is 1. The van der Waals surface area contributed by atoms with E-state index in [9.17, 15) is 4.79 Å². The van der Waals surface area contributed by atoms with Crippen molar-refractivity contribution in [3.8, 4) is 11.5 Å². The second-order valence-corrected chi connectivity index (χ2v) is 7.33. The molecule has 2 aromatic carbocycles. The highest BCUT2D eigenvalue weighted by atomic mass is 16.5. The zero-order valence-electron chi connectivity index (χ0n) is 16.2. The molecule has 1 unspecified atom stereocenters. The molecular weight excluding hydrogens is 344 g/mol. The van der Waals surface area contributed by atoms with Gasteiger partial charge in [-0.25, -0.2) is 4.68 Å². The minimum absolute atomic E-state index is 0.226. The molecule has 7 heteroatoms. The average molecular weight is 368 g/mol. The first-order chi connectivity index (χ1) is 12.8. The van der Waals surface area contributed by atoms with E-state index in [-0.39, 0.29) is 17.5 Å². The van der Waals surface area contributed by atoms with Crippen LogP contribution in [-0.4, -0.2) is 35.1 Å². The van der Waals surface area contributed by atoms with Gasteiger partial charge in [-0.1, -0.05) is 38.1 Å². The maximum atomic E-state index is 12.9. The van der Waals surface area contributed by atoms with Gasteiger partial charge in [-0.05, 0) is 30.3 Å². The van der Waals surface area contributed by atoms with Crippen LogP contribution < -0.4 is 14.8 Å². The summed E-state index contributed by atoms with van der Waals surface area (Å²) in [4.78, 5) is 12.9. The smallest absolute Gasteiger partial charge is 0.253 e. The van der Waals surface area contributed by atoms with Gasteiger partial charge in [-0.2, -0.15) is 0 Å². The Morgan fingerprint density at radius 2 is 1.78 bits per heavy atom. The maximum Gasteiger partial charge on any atom is 0.253 e. The van der Waals surface area contributed by atoms with Crippen molar-refractivity contribution < 1.29 is 14.3 Å². The predicted molar refractivity (Wildman–Crippen MR) is 103 cm³/mol. The molecule has 3 aromatic rings. The molecule has 0 bridgehead atoms. The van der Waals surface area contributed by atoms with Crippen LogP contribution in [0.15, 0.2) is 42.5 Å². The molecule has 0 saturated carbocycles. The Morgan fingerprint density at radius 3 is 2.44 bits per heavy atom. The zero-order valence-corrected chi connectivity index (χ0v) is 16.2. The number of amides is 1. The van der Waals surface area contributed by atoms with Crippen LogP contribution in [0.1, 0.15) is 37.3 Å². The summed E-state index contributed by atoms with van der Waals surface area (Å²) in [6.45, 7) is 6.13. The van der Waals surface area contributed by atoms with Crippen molar-refractivity contribution in [1.82, 2.24) is 20.3 Å². The summed E-state index contributed by atoms with van der Waals surface area (Å²) >= 11 is 0. The van der Waals surface area contributed by atoms with Gasteiger partial charge in [0.05, 0.1) is 19.7 Å². The van der Waals surface area contributed by atoms with Gasteiger partial charge in [0.2, 0.25) is 0 Å². The van der Waals surface area contributed by atoms with Gasteiger partial charge in [0.1, 0.15) is 11.7 Å². The molecule has 1 atom stereocenters. The molecule has 0 aliphatic heterocycles. The molecule has 7 nitrogen and oxygen atoms in total. The van der Waals surface area contributed by atoms with Gasteiger partial charge in [0.15, 0.2) is 11.5 Å². The molecule has 0 saturated heterocycles. The van der Waals surface area contributed by atoms with E-state index in [0.29, 0.717) is 17.1 Å². The number of aromatic nitrogens is 3. The van der Waals surface area contributed by atoms with Crippen molar-refractivity contribution >= 4 is 16.9 Å². The Kier molecular flexibility index (Phi) is 5.03. The Labute approximate surface area is 158 Å². The number of hydrogen-bond acceptors (Lipinski definition) is 5. The SMILES string of the molecule is COc1ccc(C(=O)NC(n2nnc3ccccc32)C(C)(C)C)cc1OC. The number of benzene rings is 2. The summed E-state index contributed by atoms with van der Waals surface area (Å²) in [5.41, 5.74) is 1.84. The molecule has 1 N–H and O–H groups in total. The fourth-order valence-electron chi connectivity index (χ4n) is 2.91. The van der Waals surface area contributed by atoms with Crippen LogP contribution in [0, 0.1) is 5.41 Å². The minimum atomic E-state index is -0.384. The van der Waals surface area contributed by atoms with E-state index in [2.05, 4.69) is 15.6 Å². The summed E-state index contributed by atoms with van der Waals surface area (Å²) in [7, 11) is 3.10. The van der Waals surface area contributed by atoms with E-state index in [1.54, 1.807) is 37.1 Å². The lowest BCUT2D eigenvalue weighted by Crippen LogP contribution is -2.41. The summed E-state index contributed by atoms with van der Waals surface area (Å²) in [6.07, 6.45) is -0.384. The number of nitrogens with zero attached hydrogens (tertiary/aromatic N) is 3. The molecule has 0 spiro atoms. The Morgan fingerprint density at radius 1 is 1.07 bits per heavy atom. The van der Waals surface area contributed by atoms with Crippen molar-refractivity contribution in [2.24, 2.45) is 5.41 Å². The quantitative estimate of drug-likeness (QED) is 0.746. The van der Waals surface area contributed by atoms with Crippen molar-refractivity contribution in [3.05, 3.63) is 48.0 Å². The van der Waals surface area contributed by atoms with Gasteiger partial charge in [0.25, 0.3) is 5.91 Å². The molecule has 0 aliphatic carbocycles. The van der Waals surface area contributed by atoms with Gasteiger partial charge in [0, 0.05) is 11.0 Å². The zero-order chi connectivity index (χ0) is 19.6. The van der Waals surface area contributed by atoms with Crippen LogP contribution in [-0.2, 0) is 0 Å². The van der Waals surface area contributed by atoms with Crippen LogP contribution in [0.5, 0.6) is 11.5 Å². The summed E-state index contributed by atoms with van der Waals surface area (Å²) in [5.74, 6) is 0.850. The average Bonchev–Trinajstić information content (AvgIpc) is 3.08. The standard InChI is InChI=1S/C20H24N4O3/c1-20(2,3)19(24-15-9-7-6-8-14(15)22-23-24)21-18(25)13-10-11-16(26-4)17(12-13)27-5/h6-12,19H,1-5H3,(H,21,25). The van der Waals surface area contributed by atoms with Crippen LogP contribution in [0.2, 0.25) is 0 Å². The highest BCUT2D eigenvalue weighted by molar-refractivity contribution is 5.95. The van der Waals surface area contributed by atoms with E-state index in [1.807, 2.05) is 45.0 Å². The van der Waals surface area contributed by atoms with E-state index in [1.165, 1.54) is 0 Å². The molecule has 1 aromatic heterocycles. The van der Waals surface area contributed by atoms with E-state index >= 15 is 0 Å². The number of rotatable bonds is 5. The minimum Gasteiger partial charge on any atom is -0.493 e. The summed E-state index contributed by atoms with van der Waals surface area (Å²) < 4.78 is 12.3. The molecule has 142 valence electrons. The third-order valence-electron chi connectivity index (χ3n) is 4.36. The molecule has 1 amide bonds. The lowest BCUT2D eigenvalue weighted by Gasteiger charge is -2.31. The fraction of sp³-hybridized carbons (Fsp3) is 0.350. The first kappa shape index (κ1) is 18.7. The number of ether oxygens (including phenoxy) is 2. The van der Waals surface area contributed by atoms with Crippen molar-refractivity contribution in [2.45, 2.75) is 26.9 Å². The lowest BCUT2D eigenvalue weighted by atomic mass is 9.92. The van der Waals surface area contributed by atoms with Crippen molar-refractivity contribution in [1.29, 1.82) is 0 Å². The van der Waals surface area contributed by atoms with Crippen LogP contribution in [0.3, 0.4) is 0 Å². The Bertz CT molecular complexity index is 959. The lowest BCUT2D eigenvalue weighted by molar-refractivity contribution is 0.0843. The third kappa shape index (κ3) is 3.72. The Hall–Kier alpha value is -3.09. The van der Waals surface area contributed by atoms with Crippen molar-refractivity contribution in [3.63, 3.8) is 0 Å². The van der Waals surface area contributed by atoms with E-state index in [4.69, 9.17) is 9.47 Å². The second-order valence-electron chi connectivity index (χ2n) is 7.33. The van der Waals surface area contributed by atoms with Crippen LogP contribution in [0.25, 0.3) is 11.0 Å². The Balaban J connectivity index is 1.95. The number of fused-ring (bicyclic) bond motifs is 1. The maximum absolute atomic E-state index is 12.9. The van der Waals surface area contributed by atoms with Crippen LogP contribution >= 0.6 is 0 Å². The molecule has 0 aliphatic rings. The van der Waals surface area contributed by atoms with E-state index in [0.717, 1.165) is 11.0 Å². The normalized spacial score (nSPS) is 12.6. The second kappa shape index (κ2) is 7.26. The summed E-state index contributed by atoms with van der Waals surface area (Å²) in [5, 5.41) is 11.6. The molecule has 27 heavy (non-hydrogen) atoms. The number of hydrogen-bond donors (Lipinski definition) is 1. The molecule has 0 fully saturated rings. The largest absolute Gasteiger partial charge is 0.493 e. The molecular formula is C20H24N4O3. The third-order valence-corrected chi connectivity index (χ3v) is 4.36. The molecule has 1 heterocycles. The topological polar surface area (TPSA) is 78.3 Å². The number of nitrogens with one attached hydrogen (secondary N) is 1. The van der Waals surface area contributed by atoms with Gasteiger partial charge in [-0.3, -0.25) is 4.79 Å². The molecule has 3 rings (SSSR count). The van der Waals surface area contributed by atoms with Gasteiger partial charge in [-0.15, -0.1) is 5.10 Å². The number of methoxy groups -OCH3 is 2. The van der Waals surface area contributed by atoms with E-state index < -0.39 is 0 Å². The monoisotopic (exact) mass is 368 g/mol. The highest BCUT2D eigenvalue weighted by Crippen LogP contribution is 2.31. The number of carbonyl (C=O) groups excluding carboxylic acids is 1. The first-order valence-corrected chi connectivity index (χ1v) is 8.68. The van der Waals surface area contributed by atoms with Gasteiger partial charge < -0.3 is 14.8 Å². The summed E-state index contributed by atoms with van der Waals surface area (Å²) in [6, 6.07) is 12.8. The molecule has 0 radical (unpaired) electrons. The van der Waals surface area contributed by atoms with Crippen molar-refractivity contribution in [2.75, 3.05) is 14.2 Å². The fourth-order valence-corrected chi connectivity index (χ4v) is 2.91. The predicted octanol–water partition coefficient (Wildman–Crippen LogP) is 3.42.